The summed E-state index contributed by atoms with van der Waals surface area (Å²) in [4.78, 5) is 2.56. The Morgan fingerprint density at radius 1 is 0.926 bits per heavy atom. The van der Waals surface area contributed by atoms with Crippen LogP contribution in [0.5, 0.6) is 0 Å². The van der Waals surface area contributed by atoms with Gasteiger partial charge in [0.25, 0.3) is 0 Å². The van der Waals surface area contributed by atoms with Crippen LogP contribution in [0.2, 0.25) is 0 Å². The molecule has 1 aliphatic carbocycles. The number of benzene rings is 2. The van der Waals surface area contributed by atoms with Crippen LogP contribution in [0.4, 0.5) is 0 Å². The van der Waals surface area contributed by atoms with E-state index in [1.807, 2.05) is 0 Å². The quantitative estimate of drug-likeness (QED) is 0.451. The first kappa shape index (κ1) is 19.7. The topological polar surface area (TPSA) is 3.24 Å². The van der Waals surface area contributed by atoms with Crippen molar-refractivity contribution in [3.05, 3.63) is 84.1 Å². The van der Waals surface area contributed by atoms with Crippen molar-refractivity contribution in [2.24, 2.45) is 5.92 Å². The Hall–Kier alpha value is -2.02. The van der Waals surface area contributed by atoms with E-state index in [0.29, 0.717) is 0 Å². The molecule has 0 bridgehead atoms. The highest BCUT2D eigenvalue weighted by atomic mass is 15.2. The molecule has 0 heterocycles. The number of hydrogen-bond donors (Lipinski definition) is 0. The van der Waals surface area contributed by atoms with Crippen LogP contribution >= 0.6 is 0 Å². The molecule has 0 radical (unpaired) electrons. The van der Waals surface area contributed by atoms with Crippen LogP contribution in [-0.2, 0) is 0 Å². The van der Waals surface area contributed by atoms with E-state index in [2.05, 4.69) is 79.1 Å². The molecule has 2 aromatic carbocycles. The van der Waals surface area contributed by atoms with Gasteiger partial charge in [-0.15, -0.1) is 0 Å². The van der Waals surface area contributed by atoms with Crippen LogP contribution in [0.3, 0.4) is 0 Å². The number of hydrogen-bond acceptors (Lipinski definition) is 1. The first-order valence-corrected chi connectivity index (χ1v) is 10.8. The fraction of sp³-hybridized carbons (Fsp3) is 0.462. The first-order valence-electron chi connectivity index (χ1n) is 10.8. The third-order valence-corrected chi connectivity index (χ3v) is 5.98. The lowest BCUT2D eigenvalue weighted by atomic mass is 9.85. The second-order valence-corrected chi connectivity index (χ2v) is 8.03. The summed E-state index contributed by atoms with van der Waals surface area (Å²) in [7, 11) is 0. The standard InChI is InChI=1S/C26H35N/c1-3-21-27(22(2)19-20-23-13-7-4-8-14-23)26(24-15-9-5-10-16-24)25-17-11-6-12-18-25/h5-6,9-12,15-18,23,26H,2-4,7-8,13-14,19-21H2,1H3. The Labute approximate surface area is 166 Å². The molecule has 1 heteroatoms. The molecular formula is C26H35N. The van der Waals surface area contributed by atoms with Crippen molar-refractivity contribution >= 4 is 0 Å². The molecule has 27 heavy (non-hydrogen) atoms. The minimum atomic E-state index is 0.256. The zero-order valence-electron chi connectivity index (χ0n) is 16.9. The maximum Gasteiger partial charge on any atom is 0.0792 e. The molecule has 144 valence electrons. The lowest BCUT2D eigenvalue weighted by Gasteiger charge is -2.36. The largest absolute Gasteiger partial charge is 0.364 e. The summed E-state index contributed by atoms with van der Waals surface area (Å²) in [6.07, 6.45) is 10.7. The van der Waals surface area contributed by atoms with Gasteiger partial charge in [-0.25, -0.2) is 0 Å². The molecule has 0 aliphatic heterocycles. The second kappa shape index (κ2) is 10.3. The van der Waals surface area contributed by atoms with Gasteiger partial charge in [-0.05, 0) is 36.3 Å². The van der Waals surface area contributed by atoms with Gasteiger partial charge in [0.2, 0.25) is 0 Å². The molecule has 0 aromatic heterocycles. The van der Waals surface area contributed by atoms with E-state index in [9.17, 15) is 0 Å². The number of rotatable bonds is 9. The molecule has 1 nitrogen and oxygen atoms in total. The molecule has 0 spiro atoms. The maximum absolute atomic E-state index is 4.56. The molecule has 1 saturated carbocycles. The SMILES string of the molecule is C=C(CCC1CCCCC1)N(CCC)C(c1ccccc1)c1ccccc1. The smallest absolute Gasteiger partial charge is 0.0792 e. The highest BCUT2D eigenvalue weighted by Gasteiger charge is 2.23. The average Bonchev–Trinajstić information content (AvgIpc) is 2.74. The normalized spacial score (nSPS) is 15.0. The molecule has 0 saturated heterocycles. The second-order valence-electron chi connectivity index (χ2n) is 8.03. The van der Waals surface area contributed by atoms with Crippen LogP contribution in [0.15, 0.2) is 72.9 Å². The van der Waals surface area contributed by atoms with Crippen molar-refractivity contribution in [1.82, 2.24) is 4.90 Å². The molecule has 0 N–H and O–H groups in total. The van der Waals surface area contributed by atoms with Gasteiger partial charge in [-0.3, -0.25) is 0 Å². The van der Waals surface area contributed by atoms with Gasteiger partial charge in [0.1, 0.15) is 0 Å². The van der Waals surface area contributed by atoms with E-state index in [0.717, 1.165) is 25.3 Å². The minimum Gasteiger partial charge on any atom is -0.364 e. The van der Waals surface area contributed by atoms with Crippen molar-refractivity contribution in [1.29, 1.82) is 0 Å². The van der Waals surface area contributed by atoms with Gasteiger partial charge in [0.15, 0.2) is 0 Å². The summed E-state index contributed by atoms with van der Waals surface area (Å²) >= 11 is 0. The lowest BCUT2D eigenvalue weighted by Crippen LogP contribution is -2.30. The lowest BCUT2D eigenvalue weighted by molar-refractivity contribution is 0.265. The summed E-state index contributed by atoms with van der Waals surface area (Å²) in [5.41, 5.74) is 4.02. The predicted molar refractivity (Wildman–Crippen MR) is 117 cm³/mol. The van der Waals surface area contributed by atoms with Crippen LogP contribution < -0.4 is 0 Å². The monoisotopic (exact) mass is 361 g/mol. The Bertz CT molecular complexity index is 630. The third-order valence-electron chi connectivity index (χ3n) is 5.98. The van der Waals surface area contributed by atoms with Gasteiger partial charge >= 0.3 is 0 Å². The van der Waals surface area contributed by atoms with Crippen molar-refractivity contribution < 1.29 is 0 Å². The molecule has 1 fully saturated rings. The summed E-state index contributed by atoms with van der Waals surface area (Å²) in [6.45, 7) is 7.88. The number of allylic oxidation sites excluding steroid dienone is 1. The van der Waals surface area contributed by atoms with Gasteiger partial charge in [-0.1, -0.05) is 106 Å². The molecule has 1 aliphatic rings. The highest BCUT2D eigenvalue weighted by Crippen LogP contribution is 2.34. The zero-order valence-corrected chi connectivity index (χ0v) is 16.9. The van der Waals surface area contributed by atoms with Gasteiger partial charge in [0.05, 0.1) is 6.04 Å². The van der Waals surface area contributed by atoms with Gasteiger partial charge in [-0.2, -0.15) is 0 Å². The molecular weight excluding hydrogens is 326 g/mol. The van der Waals surface area contributed by atoms with Crippen LogP contribution in [-0.4, -0.2) is 11.4 Å². The van der Waals surface area contributed by atoms with Gasteiger partial charge < -0.3 is 4.90 Å². The highest BCUT2D eigenvalue weighted by molar-refractivity contribution is 5.33. The predicted octanol–water partition coefficient (Wildman–Crippen LogP) is 7.36. The Balaban J connectivity index is 1.80. The maximum atomic E-state index is 4.56. The van der Waals surface area contributed by atoms with Gasteiger partial charge in [0, 0.05) is 12.2 Å². The van der Waals surface area contributed by atoms with E-state index in [1.54, 1.807) is 0 Å². The first-order chi connectivity index (χ1) is 13.3. The molecule has 0 unspecified atom stereocenters. The Morgan fingerprint density at radius 3 is 2.00 bits per heavy atom. The van der Waals surface area contributed by atoms with Crippen molar-refractivity contribution in [3.8, 4) is 0 Å². The zero-order chi connectivity index (χ0) is 18.9. The molecule has 3 rings (SSSR count). The van der Waals surface area contributed by atoms with Crippen molar-refractivity contribution in [2.75, 3.05) is 6.54 Å². The fourth-order valence-corrected chi connectivity index (χ4v) is 4.52. The van der Waals surface area contributed by atoms with E-state index in [1.165, 1.54) is 55.3 Å². The van der Waals surface area contributed by atoms with Crippen molar-refractivity contribution in [3.63, 3.8) is 0 Å². The van der Waals surface area contributed by atoms with Crippen LogP contribution in [0.25, 0.3) is 0 Å². The number of nitrogens with zero attached hydrogens (tertiary/aromatic N) is 1. The van der Waals surface area contributed by atoms with E-state index < -0.39 is 0 Å². The van der Waals surface area contributed by atoms with E-state index >= 15 is 0 Å². The van der Waals surface area contributed by atoms with Crippen LogP contribution in [0.1, 0.15) is 75.5 Å². The third kappa shape index (κ3) is 5.48. The fourth-order valence-electron chi connectivity index (χ4n) is 4.52. The summed E-state index contributed by atoms with van der Waals surface area (Å²) in [6, 6.07) is 22.1. The molecule has 2 aromatic rings. The van der Waals surface area contributed by atoms with E-state index in [4.69, 9.17) is 0 Å². The Kier molecular flexibility index (Phi) is 7.56. The summed E-state index contributed by atoms with van der Waals surface area (Å²) < 4.78 is 0. The summed E-state index contributed by atoms with van der Waals surface area (Å²) in [5.74, 6) is 0.908. The van der Waals surface area contributed by atoms with Crippen LogP contribution in [0, 0.1) is 5.92 Å². The summed E-state index contributed by atoms with van der Waals surface area (Å²) in [5, 5.41) is 0. The van der Waals surface area contributed by atoms with E-state index in [-0.39, 0.29) is 6.04 Å². The molecule has 0 atom stereocenters. The molecule has 0 amide bonds. The minimum absolute atomic E-state index is 0.256. The average molecular weight is 362 g/mol. The Morgan fingerprint density at radius 2 is 1.48 bits per heavy atom. The van der Waals surface area contributed by atoms with Crippen molar-refractivity contribution in [2.45, 2.75) is 64.3 Å².